The summed E-state index contributed by atoms with van der Waals surface area (Å²) in [5.74, 6) is 0.480. The predicted molar refractivity (Wildman–Crippen MR) is 96.3 cm³/mol. The van der Waals surface area contributed by atoms with Gasteiger partial charge in [-0.2, -0.15) is 5.10 Å². The number of carbonyl (C=O) groups excluding carboxylic acids is 1. The SMILES string of the molecule is O=C(NN=Cc1ccc(-c2cccc(Cl)c2)o1)C(O)c1ccccc1. The molecule has 1 aromatic heterocycles. The minimum Gasteiger partial charge on any atom is -0.455 e. The third-order valence-electron chi connectivity index (χ3n) is 3.47. The maximum absolute atomic E-state index is 11.9. The Balaban J connectivity index is 1.62. The molecule has 0 bridgehead atoms. The summed E-state index contributed by atoms with van der Waals surface area (Å²) in [4.78, 5) is 11.9. The van der Waals surface area contributed by atoms with Gasteiger partial charge < -0.3 is 9.52 Å². The zero-order valence-electron chi connectivity index (χ0n) is 13.1. The van der Waals surface area contributed by atoms with Gasteiger partial charge in [-0.1, -0.05) is 54.1 Å². The normalized spacial score (nSPS) is 12.2. The van der Waals surface area contributed by atoms with Gasteiger partial charge in [0, 0.05) is 10.6 Å². The first-order valence-electron chi connectivity index (χ1n) is 7.55. The molecule has 1 heterocycles. The summed E-state index contributed by atoms with van der Waals surface area (Å²) < 4.78 is 5.63. The van der Waals surface area contributed by atoms with Crippen molar-refractivity contribution >= 4 is 23.7 Å². The van der Waals surface area contributed by atoms with Crippen LogP contribution < -0.4 is 5.43 Å². The standard InChI is InChI=1S/C19H15ClN2O3/c20-15-8-4-7-14(11-15)17-10-9-16(25-17)12-21-22-19(24)18(23)13-5-2-1-3-6-13/h1-12,18,23H,(H,22,24). The van der Waals surface area contributed by atoms with Gasteiger partial charge in [0.15, 0.2) is 6.10 Å². The van der Waals surface area contributed by atoms with Crippen molar-refractivity contribution < 1.29 is 14.3 Å². The summed E-state index contributed by atoms with van der Waals surface area (Å²) >= 11 is 5.96. The number of nitrogens with one attached hydrogen (secondary N) is 1. The lowest BCUT2D eigenvalue weighted by Crippen LogP contribution is -2.25. The number of rotatable bonds is 5. The van der Waals surface area contributed by atoms with Crippen LogP contribution in [0.4, 0.5) is 0 Å². The van der Waals surface area contributed by atoms with Crippen molar-refractivity contribution in [3.63, 3.8) is 0 Å². The smallest absolute Gasteiger partial charge is 0.273 e. The van der Waals surface area contributed by atoms with Crippen molar-refractivity contribution in [1.29, 1.82) is 0 Å². The second kappa shape index (κ2) is 7.79. The molecule has 2 aromatic carbocycles. The number of hydrogen-bond donors (Lipinski definition) is 2. The van der Waals surface area contributed by atoms with E-state index in [-0.39, 0.29) is 0 Å². The minimum absolute atomic E-state index is 0.462. The van der Waals surface area contributed by atoms with Crippen LogP contribution in [0.3, 0.4) is 0 Å². The van der Waals surface area contributed by atoms with Gasteiger partial charge in [0.25, 0.3) is 5.91 Å². The van der Waals surface area contributed by atoms with Gasteiger partial charge in [-0.3, -0.25) is 4.79 Å². The van der Waals surface area contributed by atoms with Gasteiger partial charge in [0.1, 0.15) is 11.5 Å². The van der Waals surface area contributed by atoms with E-state index in [9.17, 15) is 9.90 Å². The summed E-state index contributed by atoms with van der Waals surface area (Å²) in [5, 5.41) is 14.4. The first-order chi connectivity index (χ1) is 12.1. The summed E-state index contributed by atoms with van der Waals surface area (Å²) in [6.07, 6.45) is 0.0842. The predicted octanol–water partition coefficient (Wildman–Crippen LogP) is 3.78. The third kappa shape index (κ3) is 4.35. The van der Waals surface area contributed by atoms with Gasteiger partial charge in [0.05, 0.1) is 6.21 Å². The Morgan fingerprint density at radius 2 is 1.92 bits per heavy atom. The Bertz CT molecular complexity index is 890. The molecule has 0 radical (unpaired) electrons. The van der Waals surface area contributed by atoms with Crippen LogP contribution >= 0.6 is 11.6 Å². The fourth-order valence-corrected chi connectivity index (χ4v) is 2.42. The molecule has 0 aliphatic heterocycles. The fourth-order valence-electron chi connectivity index (χ4n) is 2.23. The zero-order chi connectivity index (χ0) is 17.6. The van der Waals surface area contributed by atoms with Gasteiger partial charge >= 0.3 is 0 Å². The van der Waals surface area contributed by atoms with Crippen molar-refractivity contribution in [2.75, 3.05) is 0 Å². The van der Waals surface area contributed by atoms with E-state index in [0.29, 0.717) is 22.1 Å². The van der Waals surface area contributed by atoms with Crippen LogP contribution in [0.1, 0.15) is 17.4 Å². The van der Waals surface area contributed by atoms with Crippen LogP contribution in [0.2, 0.25) is 5.02 Å². The van der Waals surface area contributed by atoms with Crippen molar-refractivity contribution in [2.45, 2.75) is 6.10 Å². The first-order valence-corrected chi connectivity index (χ1v) is 7.93. The van der Waals surface area contributed by atoms with Crippen LogP contribution in [0, 0.1) is 0 Å². The fraction of sp³-hybridized carbons (Fsp3) is 0.0526. The van der Waals surface area contributed by atoms with Crippen LogP contribution in [0.5, 0.6) is 0 Å². The monoisotopic (exact) mass is 354 g/mol. The lowest BCUT2D eigenvalue weighted by molar-refractivity contribution is -0.129. The van der Waals surface area contributed by atoms with Crippen molar-refractivity contribution in [2.24, 2.45) is 5.10 Å². The average molecular weight is 355 g/mol. The Morgan fingerprint density at radius 1 is 1.12 bits per heavy atom. The number of benzene rings is 2. The highest BCUT2D eigenvalue weighted by Gasteiger charge is 2.16. The molecule has 0 aliphatic carbocycles. The highest BCUT2D eigenvalue weighted by molar-refractivity contribution is 6.30. The zero-order valence-corrected chi connectivity index (χ0v) is 13.9. The molecule has 0 aliphatic rings. The maximum atomic E-state index is 11.9. The molecule has 126 valence electrons. The molecule has 25 heavy (non-hydrogen) atoms. The quantitative estimate of drug-likeness (QED) is 0.540. The number of amides is 1. The molecule has 6 heteroatoms. The van der Waals surface area contributed by atoms with Crippen LogP contribution in [0.25, 0.3) is 11.3 Å². The van der Waals surface area contributed by atoms with E-state index in [2.05, 4.69) is 10.5 Å². The van der Waals surface area contributed by atoms with Crippen LogP contribution in [0.15, 0.2) is 76.2 Å². The van der Waals surface area contributed by atoms with E-state index in [0.717, 1.165) is 5.56 Å². The van der Waals surface area contributed by atoms with Gasteiger partial charge in [-0.15, -0.1) is 0 Å². The first kappa shape index (κ1) is 17.0. The number of halogens is 1. The number of hydrazone groups is 1. The van der Waals surface area contributed by atoms with Crippen molar-refractivity contribution in [3.05, 3.63) is 83.1 Å². The molecule has 3 rings (SSSR count). The molecule has 5 nitrogen and oxygen atoms in total. The van der Waals surface area contributed by atoms with Gasteiger partial charge in [-0.05, 0) is 29.8 Å². The number of nitrogens with zero attached hydrogens (tertiary/aromatic N) is 1. The molecule has 0 saturated carbocycles. The highest BCUT2D eigenvalue weighted by Crippen LogP contribution is 2.24. The average Bonchev–Trinajstić information content (AvgIpc) is 3.11. The molecule has 2 N–H and O–H groups in total. The van der Waals surface area contributed by atoms with E-state index in [1.165, 1.54) is 6.21 Å². The summed E-state index contributed by atoms with van der Waals surface area (Å²) in [6, 6.07) is 19.4. The molecular formula is C19H15ClN2O3. The number of aliphatic hydroxyl groups is 1. The van der Waals surface area contributed by atoms with Gasteiger partial charge in [-0.25, -0.2) is 5.43 Å². The van der Waals surface area contributed by atoms with E-state index in [4.69, 9.17) is 16.0 Å². The third-order valence-corrected chi connectivity index (χ3v) is 3.70. The molecule has 1 atom stereocenters. The number of hydrogen-bond acceptors (Lipinski definition) is 4. The van der Waals surface area contributed by atoms with Crippen LogP contribution in [-0.4, -0.2) is 17.2 Å². The molecule has 0 fully saturated rings. The summed E-state index contributed by atoms with van der Waals surface area (Å²) in [7, 11) is 0. The van der Waals surface area contributed by atoms with Crippen LogP contribution in [-0.2, 0) is 4.79 Å². The van der Waals surface area contributed by atoms with Crippen molar-refractivity contribution in [1.82, 2.24) is 5.43 Å². The van der Waals surface area contributed by atoms with E-state index in [1.54, 1.807) is 54.6 Å². The van der Waals surface area contributed by atoms with E-state index in [1.807, 2.05) is 12.1 Å². The minimum atomic E-state index is -1.28. The Hall–Kier alpha value is -2.89. The second-order valence-electron chi connectivity index (χ2n) is 5.26. The molecular weight excluding hydrogens is 340 g/mol. The molecule has 1 amide bonds. The second-order valence-corrected chi connectivity index (χ2v) is 5.70. The Morgan fingerprint density at radius 3 is 2.68 bits per heavy atom. The van der Waals surface area contributed by atoms with E-state index >= 15 is 0 Å². The lowest BCUT2D eigenvalue weighted by atomic mass is 10.1. The molecule has 1 unspecified atom stereocenters. The number of carbonyl (C=O) groups is 1. The number of aliphatic hydroxyl groups excluding tert-OH is 1. The van der Waals surface area contributed by atoms with E-state index < -0.39 is 12.0 Å². The molecule has 0 saturated heterocycles. The maximum Gasteiger partial charge on any atom is 0.273 e. The van der Waals surface area contributed by atoms with Crippen molar-refractivity contribution in [3.8, 4) is 11.3 Å². The lowest BCUT2D eigenvalue weighted by Gasteiger charge is -2.08. The number of furan rings is 1. The summed E-state index contributed by atoms with van der Waals surface area (Å²) in [5.41, 5.74) is 3.63. The molecule has 3 aromatic rings. The Labute approximate surface area is 149 Å². The summed E-state index contributed by atoms with van der Waals surface area (Å²) in [6.45, 7) is 0. The molecule has 0 spiro atoms. The Kier molecular flexibility index (Phi) is 5.28. The topological polar surface area (TPSA) is 74.8 Å². The largest absolute Gasteiger partial charge is 0.455 e. The van der Waals surface area contributed by atoms with Gasteiger partial charge in [0.2, 0.25) is 0 Å². The highest BCUT2D eigenvalue weighted by atomic mass is 35.5.